The second-order valence-corrected chi connectivity index (χ2v) is 17.9. The number of nitrogens with one attached hydrogen (secondary N) is 2. The van der Waals surface area contributed by atoms with Crippen molar-refractivity contribution in [2.75, 3.05) is 65.6 Å². The van der Waals surface area contributed by atoms with Crippen LogP contribution in [-0.2, 0) is 39.1 Å². The topological polar surface area (TPSA) is 170 Å². The molecule has 1 aliphatic heterocycles. The number of benzene rings is 4. The average Bonchev–Trinajstić information content (AvgIpc) is 3.24. The third-order valence-corrected chi connectivity index (χ3v) is 12.6. The first-order valence-corrected chi connectivity index (χ1v) is 23.0. The van der Waals surface area contributed by atoms with Gasteiger partial charge in [0.1, 0.15) is 11.5 Å². The third kappa shape index (κ3) is 13.7. The van der Waals surface area contributed by atoms with Crippen molar-refractivity contribution >= 4 is 44.1 Å². The maximum atomic E-state index is 14.8. The predicted octanol–water partition coefficient (Wildman–Crippen LogP) is 6.63. The van der Waals surface area contributed by atoms with Gasteiger partial charge in [-0.05, 0) is 124 Å². The van der Waals surface area contributed by atoms with E-state index in [9.17, 15) is 44.0 Å². The smallest absolute Gasteiger partial charge is 0.333 e. The number of hydrogen-bond acceptors (Lipinski definition) is 12. The van der Waals surface area contributed by atoms with Crippen LogP contribution in [0.4, 0.5) is 17.6 Å². The summed E-state index contributed by atoms with van der Waals surface area (Å²) in [7, 11) is -7.87. The summed E-state index contributed by atoms with van der Waals surface area (Å²) >= 11 is 0. The van der Waals surface area contributed by atoms with Crippen LogP contribution in [0.2, 0.25) is 0 Å². The number of carbonyl (C=O) groups excluding carboxylic acids is 2. The normalized spacial score (nSPS) is 14.3. The maximum absolute atomic E-state index is 14.8. The van der Waals surface area contributed by atoms with Crippen molar-refractivity contribution in [1.29, 1.82) is 0 Å². The van der Waals surface area contributed by atoms with Crippen molar-refractivity contribution in [3.05, 3.63) is 118 Å². The molecule has 0 saturated carbocycles. The SMILES string of the molecule is CCOC(=O)/C(C)=C/c1cc(F)c(Oc2ccc(S(=O)(=O)NCCN3CCN(CCNS(=O)(=O)c4ccc(Oc5c(F)cc(/C=C(\C)C(=O)OCC)cc5F)cc4)CC3)cc2)c(F)c1. The summed E-state index contributed by atoms with van der Waals surface area (Å²) in [5, 5.41) is 0. The Hall–Kier alpha value is -5.64. The lowest BCUT2D eigenvalue weighted by atomic mass is 10.1. The van der Waals surface area contributed by atoms with Crippen molar-refractivity contribution in [2.24, 2.45) is 0 Å². The van der Waals surface area contributed by atoms with E-state index in [0.29, 0.717) is 39.3 Å². The fourth-order valence-corrected chi connectivity index (χ4v) is 8.36. The Balaban J connectivity index is 1.03. The van der Waals surface area contributed by atoms with Gasteiger partial charge in [0.05, 0.1) is 23.0 Å². The van der Waals surface area contributed by atoms with Crippen LogP contribution in [-0.4, -0.2) is 104 Å². The lowest BCUT2D eigenvalue weighted by molar-refractivity contribution is -0.139. The molecule has 2 N–H and O–H groups in total. The van der Waals surface area contributed by atoms with E-state index < -0.39 is 66.8 Å². The molecule has 0 bridgehead atoms. The molecule has 1 aliphatic rings. The standard InChI is InChI=1S/C44H48F4N4O10S2/c1-5-59-43(53)29(3)23-31-25-37(45)41(38(46)26-31)61-33-7-11-35(12-8-33)63(55,56)49-15-17-51-19-21-52(22-20-51)18-16-50-64(57,58)36-13-9-34(10-14-36)62-42-39(47)27-32(28-40(42)48)24-30(4)44(54)60-6-2/h7-14,23-28,49-50H,5-6,15-22H2,1-4H3/b29-23+,30-24+. The van der Waals surface area contributed by atoms with Crippen LogP contribution in [0.5, 0.6) is 23.0 Å². The Morgan fingerprint density at radius 2 is 0.891 bits per heavy atom. The maximum Gasteiger partial charge on any atom is 0.333 e. The second kappa shape index (κ2) is 22.3. The summed E-state index contributed by atoms with van der Waals surface area (Å²) in [5.41, 5.74) is 0.469. The molecule has 0 atom stereocenters. The quantitative estimate of drug-likeness (QED) is 0.0552. The predicted molar refractivity (Wildman–Crippen MR) is 230 cm³/mol. The Morgan fingerprint density at radius 3 is 1.19 bits per heavy atom. The number of carbonyl (C=O) groups is 2. The van der Waals surface area contributed by atoms with Crippen LogP contribution >= 0.6 is 0 Å². The molecule has 1 saturated heterocycles. The molecular weight excluding hydrogens is 885 g/mol. The molecule has 0 unspecified atom stereocenters. The van der Waals surface area contributed by atoms with Crippen molar-refractivity contribution in [2.45, 2.75) is 37.5 Å². The number of sulfonamides is 2. The molecule has 4 aromatic carbocycles. The van der Waals surface area contributed by atoms with Gasteiger partial charge in [0.15, 0.2) is 34.8 Å². The van der Waals surface area contributed by atoms with Crippen molar-refractivity contribution < 1.29 is 62.9 Å². The number of hydrogen-bond donors (Lipinski definition) is 2. The molecule has 344 valence electrons. The summed E-state index contributed by atoms with van der Waals surface area (Å²) in [4.78, 5) is 27.6. The lowest BCUT2D eigenvalue weighted by Crippen LogP contribution is -2.49. The number of ether oxygens (including phenoxy) is 4. The Bertz CT molecular complexity index is 2360. The van der Waals surface area contributed by atoms with Gasteiger partial charge in [-0.2, -0.15) is 0 Å². The first-order chi connectivity index (χ1) is 30.4. The van der Waals surface area contributed by atoms with Gasteiger partial charge in [-0.15, -0.1) is 0 Å². The van der Waals surface area contributed by atoms with Gasteiger partial charge in [-0.1, -0.05) is 0 Å². The largest absolute Gasteiger partial charge is 0.463 e. The van der Waals surface area contributed by atoms with Gasteiger partial charge >= 0.3 is 11.9 Å². The highest BCUT2D eigenvalue weighted by Gasteiger charge is 2.22. The van der Waals surface area contributed by atoms with E-state index in [1.807, 2.05) is 0 Å². The Morgan fingerprint density at radius 1 is 0.578 bits per heavy atom. The van der Waals surface area contributed by atoms with Gasteiger partial charge in [0, 0.05) is 63.5 Å². The fourth-order valence-electron chi connectivity index (χ4n) is 6.32. The van der Waals surface area contributed by atoms with E-state index in [0.717, 1.165) is 24.3 Å². The van der Waals surface area contributed by atoms with Crippen LogP contribution in [0.3, 0.4) is 0 Å². The molecule has 20 heteroatoms. The summed E-state index contributed by atoms with van der Waals surface area (Å²) in [6, 6.07) is 14.0. The van der Waals surface area contributed by atoms with Crippen molar-refractivity contribution in [3.63, 3.8) is 0 Å². The minimum absolute atomic E-state index is 0.00970. The Kier molecular flexibility index (Phi) is 17.2. The summed E-state index contributed by atoms with van der Waals surface area (Å²) in [6.07, 6.45) is 2.56. The van der Waals surface area contributed by atoms with E-state index >= 15 is 0 Å². The highest BCUT2D eigenvalue weighted by Crippen LogP contribution is 2.32. The first-order valence-electron chi connectivity index (χ1n) is 20.1. The monoisotopic (exact) mass is 932 g/mol. The number of esters is 2. The van der Waals surface area contributed by atoms with Gasteiger partial charge in [-0.25, -0.2) is 53.4 Å². The molecular formula is C44H48F4N4O10S2. The number of halogens is 4. The summed E-state index contributed by atoms with van der Waals surface area (Å²) in [6.45, 7) is 9.89. The highest BCUT2D eigenvalue weighted by molar-refractivity contribution is 7.89. The second-order valence-electron chi connectivity index (χ2n) is 14.3. The van der Waals surface area contributed by atoms with Crippen LogP contribution in [0.25, 0.3) is 12.2 Å². The molecule has 4 aromatic rings. The van der Waals surface area contributed by atoms with Gasteiger partial charge in [0.25, 0.3) is 0 Å². The Labute approximate surface area is 369 Å². The van der Waals surface area contributed by atoms with E-state index in [-0.39, 0.29) is 69.9 Å². The number of rotatable bonds is 20. The summed E-state index contributed by atoms with van der Waals surface area (Å²) < 4.78 is 137. The third-order valence-electron chi connectivity index (χ3n) is 9.62. The van der Waals surface area contributed by atoms with Crippen LogP contribution in [0.15, 0.2) is 93.7 Å². The molecule has 0 aliphatic carbocycles. The van der Waals surface area contributed by atoms with Gasteiger partial charge in [0.2, 0.25) is 20.0 Å². The number of piperazine rings is 1. The minimum atomic E-state index is -3.94. The molecule has 5 rings (SSSR count). The van der Waals surface area contributed by atoms with E-state index in [1.54, 1.807) is 13.8 Å². The summed E-state index contributed by atoms with van der Waals surface area (Å²) in [5.74, 6) is -6.77. The van der Waals surface area contributed by atoms with Gasteiger partial charge in [-0.3, -0.25) is 9.80 Å². The van der Waals surface area contributed by atoms with Crippen LogP contribution in [0, 0.1) is 23.3 Å². The molecule has 1 heterocycles. The average molecular weight is 933 g/mol. The minimum Gasteiger partial charge on any atom is -0.463 e. The van der Waals surface area contributed by atoms with Gasteiger partial charge < -0.3 is 18.9 Å². The molecule has 0 spiro atoms. The highest BCUT2D eigenvalue weighted by atomic mass is 32.2. The lowest BCUT2D eigenvalue weighted by Gasteiger charge is -2.34. The molecule has 0 amide bonds. The zero-order valence-corrected chi connectivity index (χ0v) is 37.1. The number of nitrogens with zero attached hydrogens (tertiary/aromatic N) is 2. The van der Waals surface area contributed by atoms with Crippen molar-refractivity contribution in [1.82, 2.24) is 19.2 Å². The first kappa shape index (κ1) is 49.4. The molecule has 0 aromatic heterocycles. The zero-order chi connectivity index (χ0) is 46.6. The fraction of sp³-hybridized carbons (Fsp3) is 0.318. The molecule has 0 radical (unpaired) electrons. The van der Waals surface area contributed by atoms with E-state index in [4.69, 9.17) is 18.9 Å². The van der Waals surface area contributed by atoms with Crippen LogP contribution < -0.4 is 18.9 Å². The van der Waals surface area contributed by atoms with E-state index in [1.165, 1.54) is 74.5 Å². The molecule has 14 nitrogen and oxygen atoms in total. The zero-order valence-electron chi connectivity index (χ0n) is 35.5. The van der Waals surface area contributed by atoms with Crippen molar-refractivity contribution in [3.8, 4) is 23.0 Å². The van der Waals surface area contributed by atoms with E-state index in [2.05, 4.69) is 19.2 Å². The molecule has 1 fully saturated rings. The van der Waals surface area contributed by atoms with Crippen LogP contribution in [0.1, 0.15) is 38.8 Å². The molecule has 64 heavy (non-hydrogen) atoms.